The van der Waals surface area contributed by atoms with Crippen LogP contribution in [0.2, 0.25) is 5.02 Å². The van der Waals surface area contributed by atoms with Gasteiger partial charge in [0.15, 0.2) is 5.65 Å². The molecule has 0 saturated heterocycles. The molecule has 0 spiro atoms. The number of carboxylic acid groups (broad SMARTS) is 1. The smallest absolute Gasteiger partial charge is 0.341 e. The summed E-state index contributed by atoms with van der Waals surface area (Å²) in [4.78, 5) is 17.5. The summed E-state index contributed by atoms with van der Waals surface area (Å²) in [6.45, 7) is 0. The zero-order valence-corrected chi connectivity index (χ0v) is 14.8. The second-order valence-corrected chi connectivity index (χ2v) is 6.89. The van der Waals surface area contributed by atoms with Gasteiger partial charge in [-0.05, 0) is 36.4 Å². The number of benzene rings is 1. The summed E-state index contributed by atoms with van der Waals surface area (Å²) in [7, 11) is 0. The monoisotopic (exact) mass is 379 g/mol. The van der Waals surface area contributed by atoms with Crippen molar-refractivity contribution in [2.45, 2.75) is 0 Å². The molecule has 0 bridgehead atoms. The number of halogens is 1. The molecule has 0 fully saturated rings. The Morgan fingerprint density at radius 3 is 2.88 bits per heavy atom. The maximum atomic E-state index is 11.3. The predicted molar refractivity (Wildman–Crippen MR) is 101 cm³/mol. The van der Waals surface area contributed by atoms with E-state index < -0.39 is 5.97 Å². The lowest BCUT2D eigenvalue weighted by molar-refractivity contribution is 0.0699. The topological polar surface area (TPSA) is 67.5 Å². The summed E-state index contributed by atoms with van der Waals surface area (Å²) in [6, 6.07) is 13.0. The Bertz CT molecular complexity index is 1200. The van der Waals surface area contributed by atoms with Crippen LogP contribution in [0.15, 0.2) is 54.9 Å². The van der Waals surface area contributed by atoms with E-state index >= 15 is 0 Å². The van der Waals surface area contributed by atoms with Crippen molar-refractivity contribution < 1.29 is 9.90 Å². The molecule has 26 heavy (non-hydrogen) atoms. The lowest BCUT2D eigenvalue weighted by Gasteiger charge is -1.98. The van der Waals surface area contributed by atoms with Crippen LogP contribution in [0.3, 0.4) is 0 Å². The van der Waals surface area contributed by atoms with Crippen LogP contribution in [0.5, 0.6) is 0 Å². The fourth-order valence-corrected chi connectivity index (χ4v) is 3.42. The highest BCUT2D eigenvalue weighted by Gasteiger charge is 2.14. The van der Waals surface area contributed by atoms with Crippen molar-refractivity contribution in [2.24, 2.45) is 0 Å². The van der Waals surface area contributed by atoms with Gasteiger partial charge in [-0.3, -0.25) is 0 Å². The lowest BCUT2D eigenvalue weighted by atomic mass is 10.2. The average Bonchev–Trinajstić information content (AvgIpc) is 3.26. The van der Waals surface area contributed by atoms with Crippen LogP contribution in [0.4, 0.5) is 0 Å². The molecule has 0 aliphatic carbocycles. The fraction of sp³-hybridized carbons (Fsp3) is 0. The zero-order chi connectivity index (χ0) is 18.1. The molecule has 0 unspecified atom stereocenters. The molecule has 0 aliphatic rings. The van der Waals surface area contributed by atoms with Crippen molar-refractivity contribution in [3.8, 4) is 22.4 Å². The van der Waals surface area contributed by atoms with Gasteiger partial charge in [0.05, 0.1) is 21.6 Å². The summed E-state index contributed by atoms with van der Waals surface area (Å²) < 4.78 is 1.44. The van der Waals surface area contributed by atoms with Crippen LogP contribution in [0.1, 0.15) is 20.8 Å². The molecule has 0 atom stereocenters. The number of hydrogen-bond acceptors (Lipinski definition) is 4. The van der Waals surface area contributed by atoms with Gasteiger partial charge in [0.25, 0.3) is 0 Å². The number of thiophene rings is 1. The van der Waals surface area contributed by atoms with E-state index in [1.807, 2.05) is 30.3 Å². The number of carbonyl (C=O) groups is 1. The molecule has 0 amide bonds. The first-order chi connectivity index (χ1) is 12.6. The summed E-state index contributed by atoms with van der Waals surface area (Å²) >= 11 is 7.45. The molecule has 3 aromatic heterocycles. The van der Waals surface area contributed by atoms with E-state index in [2.05, 4.69) is 21.9 Å². The molecule has 3 heterocycles. The molecule has 1 aromatic carbocycles. The largest absolute Gasteiger partial charge is 0.477 e. The van der Waals surface area contributed by atoms with Crippen molar-refractivity contribution in [3.05, 3.63) is 75.9 Å². The van der Waals surface area contributed by atoms with E-state index in [1.165, 1.54) is 22.0 Å². The summed E-state index contributed by atoms with van der Waals surface area (Å²) in [6.07, 6.45) is 2.99. The zero-order valence-electron chi connectivity index (χ0n) is 13.2. The Balaban J connectivity index is 1.67. The molecule has 1 N–H and O–H groups in total. The van der Waals surface area contributed by atoms with Gasteiger partial charge >= 0.3 is 5.97 Å². The standard InChI is InChI=1S/C19H10ClN3O2S/c20-13-3-1-2-12(10-13)4-5-14-6-7-17(26-14)16-8-9-23-18(22-16)15(11-21-23)19(24)25/h1-3,6-11H,(H,24,25). The van der Waals surface area contributed by atoms with E-state index in [4.69, 9.17) is 11.6 Å². The molecule has 5 nitrogen and oxygen atoms in total. The lowest BCUT2D eigenvalue weighted by Crippen LogP contribution is -1.98. The van der Waals surface area contributed by atoms with E-state index in [-0.39, 0.29) is 5.56 Å². The first kappa shape index (κ1) is 16.3. The summed E-state index contributed by atoms with van der Waals surface area (Å²) in [5.41, 5.74) is 1.91. The van der Waals surface area contributed by atoms with Gasteiger partial charge in [-0.25, -0.2) is 14.3 Å². The molecular formula is C19H10ClN3O2S. The molecule has 126 valence electrons. The predicted octanol–water partition coefficient (Wildman–Crippen LogP) is 4.21. The number of carboxylic acids is 1. The number of aromatic nitrogens is 3. The van der Waals surface area contributed by atoms with E-state index in [1.54, 1.807) is 18.3 Å². The number of fused-ring (bicyclic) bond motifs is 1. The molecule has 4 aromatic rings. The van der Waals surface area contributed by atoms with Gasteiger partial charge in [-0.2, -0.15) is 5.10 Å². The Labute approximate surface area is 157 Å². The normalized spacial score (nSPS) is 10.5. The minimum atomic E-state index is -1.05. The van der Waals surface area contributed by atoms with Crippen LogP contribution >= 0.6 is 22.9 Å². The van der Waals surface area contributed by atoms with E-state index in [0.717, 1.165) is 15.3 Å². The van der Waals surface area contributed by atoms with E-state index in [9.17, 15) is 9.90 Å². The second kappa shape index (κ2) is 6.64. The third kappa shape index (κ3) is 3.18. The van der Waals surface area contributed by atoms with Crippen LogP contribution in [0.25, 0.3) is 16.2 Å². The Morgan fingerprint density at radius 2 is 2.08 bits per heavy atom. The van der Waals surface area contributed by atoms with E-state index in [0.29, 0.717) is 16.4 Å². The maximum Gasteiger partial charge on any atom is 0.341 e. The Hall–Kier alpha value is -3.14. The molecule has 0 aliphatic heterocycles. The molecule has 0 radical (unpaired) electrons. The van der Waals surface area contributed by atoms with Crippen molar-refractivity contribution in [3.63, 3.8) is 0 Å². The first-order valence-corrected chi connectivity index (χ1v) is 8.75. The number of rotatable bonds is 2. The third-order valence-corrected chi connectivity index (χ3v) is 4.87. The molecule has 4 rings (SSSR count). The molecular weight excluding hydrogens is 370 g/mol. The quantitative estimate of drug-likeness (QED) is 0.530. The van der Waals surface area contributed by atoms with Gasteiger partial charge in [-0.15, -0.1) is 11.3 Å². The third-order valence-electron chi connectivity index (χ3n) is 3.61. The van der Waals surface area contributed by atoms with Crippen LogP contribution < -0.4 is 0 Å². The fourth-order valence-electron chi connectivity index (χ4n) is 2.40. The number of aromatic carboxylic acids is 1. The Morgan fingerprint density at radius 1 is 1.19 bits per heavy atom. The van der Waals surface area contributed by atoms with Crippen molar-refractivity contribution in [1.29, 1.82) is 0 Å². The highest BCUT2D eigenvalue weighted by Crippen LogP contribution is 2.27. The summed E-state index contributed by atoms with van der Waals surface area (Å²) in [5.74, 6) is 5.14. The number of nitrogens with zero attached hydrogens (tertiary/aromatic N) is 3. The van der Waals surface area contributed by atoms with Crippen LogP contribution in [-0.2, 0) is 0 Å². The minimum Gasteiger partial charge on any atom is -0.477 e. The van der Waals surface area contributed by atoms with Crippen molar-refractivity contribution in [2.75, 3.05) is 0 Å². The second-order valence-electron chi connectivity index (χ2n) is 5.37. The van der Waals surface area contributed by atoms with Gasteiger partial charge in [0.2, 0.25) is 0 Å². The minimum absolute atomic E-state index is 0.0735. The molecule has 0 saturated carbocycles. The number of hydrogen-bond donors (Lipinski definition) is 1. The van der Waals surface area contributed by atoms with Crippen molar-refractivity contribution in [1.82, 2.24) is 14.6 Å². The van der Waals surface area contributed by atoms with Gasteiger partial charge in [-0.1, -0.05) is 29.5 Å². The van der Waals surface area contributed by atoms with Gasteiger partial charge in [0, 0.05) is 16.8 Å². The highest BCUT2D eigenvalue weighted by atomic mass is 35.5. The van der Waals surface area contributed by atoms with Crippen LogP contribution in [0, 0.1) is 11.8 Å². The van der Waals surface area contributed by atoms with Crippen LogP contribution in [-0.4, -0.2) is 25.7 Å². The van der Waals surface area contributed by atoms with Gasteiger partial charge in [0.1, 0.15) is 5.56 Å². The highest BCUT2D eigenvalue weighted by molar-refractivity contribution is 7.16. The average molecular weight is 380 g/mol. The molecule has 7 heteroatoms. The first-order valence-electron chi connectivity index (χ1n) is 7.55. The summed E-state index contributed by atoms with van der Waals surface area (Å²) in [5, 5.41) is 13.9. The Kier molecular flexibility index (Phi) is 4.17. The SMILES string of the molecule is O=C(O)c1cnn2ccc(-c3ccc(C#Cc4cccc(Cl)c4)s3)nc12. The maximum absolute atomic E-state index is 11.3. The van der Waals surface area contributed by atoms with Crippen molar-refractivity contribution >= 4 is 34.6 Å². The van der Waals surface area contributed by atoms with Gasteiger partial charge < -0.3 is 5.11 Å².